The van der Waals surface area contributed by atoms with Crippen molar-refractivity contribution in [2.24, 2.45) is 0 Å². The van der Waals surface area contributed by atoms with Gasteiger partial charge >= 0.3 is 5.69 Å². The first-order valence-corrected chi connectivity index (χ1v) is 5.20. The number of hydrogen-bond acceptors (Lipinski definition) is 3. The number of rotatable bonds is 2. The highest BCUT2D eigenvalue weighted by atomic mass is 79.9. The minimum absolute atomic E-state index is 0.300. The molecule has 1 aromatic heterocycles. The van der Waals surface area contributed by atoms with Gasteiger partial charge in [-0.2, -0.15) is 4.68 Å². The van der Waals surface area contributed by atoms with Crippen LogP contribution in [0.15, 0.2) is 23.0 Å². The van der Waals surface area contributed by atoms with Crippen molar-refractivity contribution >= 4 is 15.9 Å². The Hall–Kier alpha value is -1.50. The van der Waals surface area contributed by atoms with Crippen LogP contribution in [0.3, 0.4) is 0 Å². The quantitative estimate of drug-likeness (QED) is 0.830. The maximum atomic E-state index is 13.4. The Kier molecular flexibility index (Phi) is 2.63. The molecule has 0 atom stereocenters. The maximum Gasteiger partial charge on any atom is 0.365 e. The molecule has 2 rings (SSSR count). The largest absolute Gasteiger partial charge is 0.365 e. The topological polar surface area (TPSA) is 63.6 Å². The normalized spacial score (nSPS) is 10.5. The molecule has 78 valence electrons. The van der Waals surface area contributed by atoms with Crippen LogP contribution >= 0.6 is 15.9 Å². The summed E-state index contributed by atoms with van der Waals surface area (Å²) in [5, 5.41) is 9.33. The summed E-state index contributed by atoms with van der Waals surface area (Å²) in [4.78, 5) is 11.2. The third kappa shape index (κ3) is 1.70. The Bertz CT molecular complexity index is 535. The third-order valence-corrected chi connectivity index (χ3v) is 2.49. The van der Waals surface area contributed by atoms with Crippen molar-refractivity contribution in [3.8, 4) is 5.69 Å². The highest BCUT2D eigenvalue weighted by Crippen LogP contribution is 2.18. The van der Waals surface area contributed by atoms with Gasteiger partial charge in [0.05, 0.1) is 5.69 Å². The SMILES string of the molecule is O=c1[nH]nnn1-c1cccc(F)c1CBr. The summed E-state index contributed by atoms with van der Waals surface area (Å²) in [7, 11) is 0. The number of aromatic nitrogens is 4. The van der Waals surface area contributed by atoms with Crippen LogP contribution in [-0.4, -0.2) is 20.2 Å². The van der Waals surface area contributed by atoms with Gasteiger partial charge in [0.15, 0.2) is 0 Å². The van der Waals surface area contributed by atoms with E-state index in [1.165, 1.54) is 12.1 Å². The average Bonchev–Trinajstić information content (AvgIpc) is 2.64. The Morgan fingerprint density at radius 1 is 1.53 bits per heavy atom. The number of nitrogens with zero attached hydrogens (tertiary/aromatic N) is 3. The number of benzene rings is 1. The number of nitrogens with one attached hydrogen (secondary N) is 1. The van der Waals surface area contributed by atoms with Crippen molar-refractivity contribution in [3.05, 3.63) is 40.1 Å². The Morgan fingerprint density at radius 2 is 2.33 bits per heavy atom. The molecule has 0 aliphatic carbocycles. The average molecular weight is 273 g/mol. The molecule has 0 bridgehead atoms. The van der Waals surface area contributed by atoms with Crippen molar-refractivity contribution in [2.45, 2.75) is 5.33 Å². The first-order chi connectivity index (χ1) is 7.24. The first-order valence-electron chi connectivity index (χ1n) is 4.08. The van der Waals surface area contributed by atoms with Crippen LogP contribution < -0.4 is 5.69 Å². The highest BCUT2D eigenvalue weighted by Gasteiger charge is 2.11. The number of alkyl halides is 1. The molecule has 0 spiro atoms. The molecule has 0 saturated carbocycles. The number of tetrazole rings is 1. The van der Waals surface area contributed by atoms with Crippen LogP contribution in [0.4, 0.5) is 4.39 Å². The second-order valence-electron chi connectivity index (χ2n) is 2.79. The van der Waals surface area contributed by atoms with E-state index >= 15 is 0 Å². The van der Waals surface area contributed by atoms with Gasteiger partial charge in [-0.3, -0.25) is 0 Å². The van der Waals surface area contributed by atoms with Crippen LogP contribution in [0.1, 0.15) is 5.56 Å². The Balaban J connectivity index is 2.68. The molecule has 1 aromatic carbocycles. The first kappa shape index (κ1) is 10.0. The second-order valence-corrected chi connectivity index (χ2v) is 3.35. The number of hydrogen-bond donors (Lipinski definition) is 1. The van der Waals surface area contributed by atoms with Crippen LogP contribution in [0.5, 0.6) is 0 Å². The molecule has 0 amide bonds. The molecule has 0 unspecified atom stereocenters. The highest BCUT2D eigenvalue weighted by molar-refractivity contribution is 9.08. The molecule has 0 fully saturated rings. The van der Waals surface area contributed by atoms with E-state index in [0.717, 1.165) is 4.68 Å². The lowest BCUT2D eigenvalue weighted by molar-refractivity contribution is 0.613. The molecule has 1 heterocycles. The lowest BCUT2D eigenvalue weighted by atomic mass is 10.2. The summed E-state index contributed by atoms with van der Waals surface area (Å²) in [5.74, 6) is -0.390. The molecule has 0 aliphatic heterocycles. The van der Waals surface area contributed by atoms with Crippen molar-refractivity contribution < 1.29 is 4.39 Å². The summed E-state index contributed by atoms with van der Waals surface area (Å²) in [5.41, 5.74) is 0.252. The summed E-state index contributed by atoms with van der Waals surface area (Å²) in [6.07, 6.45) is 0. The second kappa shape index (κ2) is 3.93. The van der Waals surface area contributed by atoms with E-state index in [9.17, 15) is 9.18 Å². The van der Waals surface area contributed by atoms with E-state index in [2.05, 4.69) is 31.5 Å². The van der Waals surface area contributed by atoms with E-state index in [4.69, 9.17) is 0 Å². The van der Waals surface area contributed by atoms with Gasteiger partial charge in [-0.15, -0.1) is 0 Å². The fourth-order valence-corrected chi connectivity index (χ4v) is 1.79. The van der Waals surface area contributed by atoms with Gasteiger partial charge in [-0.05, 0) is 22.6 Å². The van der Waals surface area contributed by atoms with Gasteiger partial charge in [0.1, 0.15) is 5.82 Å². The van der Waals surface area contributed by atoms with Gasteiger partial charge in [-0.25, -0.2) is 14.3 Å². The van der Waals surface area contributed by atoms with Gasteiger partial charge < -0.3 is 0 Å². The summed E-state index contributed by atoms with van der Waals surface area (Å²) in [6.45, 7) is 0. The van der Waals surface area contributed by atoms with Crippen LogP contribution in [0.2, 0.25) is 0 Å². The van der Waals surface area contributed by atoms with Gasteiger partial charge in [-0.1, -0.05) is 22.0 Å². The predicted octanol–water partition coefficient (Wildman–Crippen LogP) is 0.990. The van der Waals surface area contributed by atoms with Crippen LogP contribution in [0, 0.1) is 5.82 Å². The zero-order valence-corrected chi connectivity index (χ0v) is 9.03. The van der Waals surface area contributed by atoms with Gasteiger partial charge in [0.2, 0.25) is 0 Å². The van der Waals surface area contributed by atoms with Crippen molar-refractivity contribution in [1.82, 2.24) is 20.2 Å². The molecular formula is C8H6BrFN4O. The van der Waals surface area contributed by atoms with E-state index in [-0.39, 0.29) is 5.82 Å². The minimum Gasteiger partial charge on any atom is -0.244 e. The van der Waals surface area contributed by atoms with E-state index in [0.29, 0.717) is 16.6 Å². The molecule has 0 aliphatic rings. The molecule has 5 nitrogen and oxygen atoms in total. The summed E-state index contributed by atoms with van der Waals surface area (Å²) >= 11 is 3.16. The molecule has 7 heteroatoms. The van der Waals surface area contributed by atoms with Gasteiger partial charge in [0.25, 0.3) is 0 Å². The Morgan fingerprint density at radius 3 is 2.93 bits per heavy atom. The summed E-state index contributed by atoms with van der Waals surface area (Å²) in [6, 6.07) is 4.44. The van der Waals surface area contributed by atoms with Crippen LogP contribution in [0.25, 0.3) is 5.69 Å². The Labute approximate surface area is 92.0 Å². The molecule has 0 radical (unpaired) electrons. The monoisotopic (exact) mass is 272 g/mol. The van der Waals surface area contributed by atoms with Crippen molar-refractivity contribution in [2.75, 3.05) is 0 Å². The zero-order valence-electron chi connectivity index (χ0n) is 7.44. The molecule has 2 aromatic rings. The van der Waals surface area contributed by atoms with Crippen molar-refractivity contribution in [1.29, 1.82) is 0 Å². The zero-order chi connectivity index (χ0) is 10.8. The van der Waals surface area contributed by atoms with Gasteiger partial charge in [0, 0.05) is 10.9 Å². The lowest BCUT2D eigenvalue weighted by Crippen LogP contribution is -2.17. The third-order valence-electron chi connectivity index (χ3n) is 1.93. The van der Waals surface area contributed by atoms with Crippen LogP contribution in [-0.2, 0) is 5.33 Å². The smallest absolute Gasteiger partial charge is 0.244 e. The molecule has 0 saturated heterocycles. The summed E-state index contributed by atoms with van der Waals surface area (Å²) < 4.78 is 14.4. The standard InChI is InChI=1S/C8H6BrFN4O/c9-4-5-6(10)2-1-3-7(5)14-8(15)11-12-13-14/h1-3H,4H2,(H,11,13,15). The van der Waals surface area contributed by atoms with E-state index < -0.39 is 5.69 Å². The maximum absolute atomic E-state index is 13.4. The van der Waals surface area contributed by atoms with Crippen molar-refractivity contribution in [3.63, 3.8) is 0 Å². The number of H-pyrrole nitrogens is 1. The molecular weight excluding hydrogens is 267 g/mol. The minimum atomic E-state index is -0.497. The van der Waals surface area contributed by atoms with E-state index in [1.54, 1.807) is 6.07 Å². The fraction of sp³-hybridized carbons (Fsp3) is 0.125. The lowest BCUT2D eigenvalue weighted by Gasteiger charge is -2.05. The number of halogens is 2. The number of aromatic amines is 1. The van der Waals surface area contributed by atoms with E-state index in [1.807, 2.05) is 0 Å². The predicted molar refractivity (Wildman–Crippen MR) is 54.6 cm³/mol. The fourth-order valence-electron chi connectivity index (χ4n) is 1.23. The molecule has 15 heavy (non-hydrogen) atoms. The molecule has 1 N–H and O–H groups in total.